The van der Waals surface area contributed by atoms with Gasteiger partial charge in [0.05, 0.1) is 0 Å². The molecule has 1 N–H and O–H groups in total. The number of piperazine rings is 1. The summed E-state index contributed by atoms with van der Waals surface area (Å²) in [5, 5.41) is 3.18. The largest absolute Gasteiger partial charge is 0.444 e. The molecular weight excluding hydrogens is 270 g/mol. The highest BCUT2D eigenvalue weighted by Gasteiger charge is 2.33. The Morgan fingerprint density at radius 1 is 1.24 bits per heavy atom. The van der Waals surface area contributed by atoms with E-state index in [1.54, 1.807) is 4.90 Å². The highest BCUT2D eigenvalue weighted by molar-refractivity contribution is 5.77. The van der Waals surface area contributed by atoms with Crippen LogP contribution in [0, 0.1) is 5.92 Å². The molecular formula is C15H27N3O3. The zero-order valence-electron chi connectivity index (χ0n) is 13.5. The molecule has 0 saturated carbocycles. The summed E-state index contributed by atoms with van der Waals surface area (Å²) >= 11 is 0. The molecule has 6 nitrogen and oxygen atoms in total. The van der Waals surface area contributed by atoms with Crippen molar-refractivity contribution in [2.75, 3.05) is 32.7 Å². The van der Waals surface area contributed by atoms with Crippen LogP contribution in [0.3, 0.4) is 0 Å². The van der Waals surface area contributed by atoms with E-state index in [0.717, 1.165) is 13.1 Å². The van der Waals surface area contributed by atoms with Crippen LogP contribution in [0.25, 0.3) is 0 Å². The number of rotatable bonds is 2. The first kappa shape index (κ1) is 16.1. The number of hydrogen-bond donors (Lipinski definition) is 1. The second kappa shape index (κ2) is 6.22. The number of carbonyl (C=O) groups is 2. The van der Waals surface area contributed by atoms with Crippen molar-refractivity contribution >= 4 is 12.0 Å². The molecule has 2 saturated heterocycles. The Labute approximate surface area is 126 Å². The predicted octanol–water partition coefficient (Wildman–Crippen LogP) is 1.06. The number of carbonyl (C=O) groups excluding carboxylic acids is 2. The van der Waals surface area contributed by atoms with Crippen LogP contribution in [-0.2, 0) is 9.53 Å². The van der Waals surface area contributed by atoms with Crippen molar-refractivity contribution in [1.82, 2.24) is 15.1 Å². The van der Waals surface area contributed by atoms with E-state index in [-0.39, 0.29) is 18.0 Å². The van der Waals surface area contributed by atoms with Gasteiger partial charge < -0.3 is 19.9 Å². The molecule has 2 fully saturated rings. The SMILES string of the molecule is C[C@H]1CN(C(=O)CC2CNC2)CCN1C(=O)OC(C)(C)C. The summed E-state index contributed by atoms with van der Waals surface area (Å²) in [7, 11) is 0. The zero-order valence-corrected chi connectivity index (χ0v) is 13.5. The van der Waals surface area contributed by atoms with E-state index >= 15 is 0 Å². The second-order valence-electron chi connectivity index (χ2n) is 7.09. The molecule has 2 aliphatic rings. The van der Waals surface area contributed by atoms with E-state index in [0.29, 0.717) is 32.0 Å². The molecule has 0 aliphatic carbocycles. The minimum absolute atomic E-state index is 0.00272. The molecule has 0 aromatic rings. The summed E-state index contributed by atoms with van der Waals surface area (Å²) in [5.41, 5.74) is -0.485. The highest BCUT2D eigenvalue weighted by atomic mass is 16.6. The van der Waals surface area contributed by atoms with Crippen LogP contribution in [0.4, 0.5) is 4.79 Å². The van der Waals surface area contributed by atoms with Gasteiger partial charge in [0.25, 0.3) is 0 Å². The van der Waals surface area contributed by atoms with Gasteiger partial charge in [-0.15, -0.1) is 0 Å². The van der Waals surface area contributed by atoms with E-state index in [1.165, 1.54) is 0 Å². The number of ether oxygens (including phenoxy) is 1. The number of nitrogens with zero attached hydrogens (tertiary/aromatic N) is 2. The van der Waals surface area contributed by atoms with Crippen molar-refractivity contribution in [3.8, 4) is 0 Å². The van der Waals surface area contributed by atoms with Gasteiger partial charge in [0.2, 0.25) is 5.91 Å². The van der Waals surface area contributed by atoms with E-state index < -0.39 is 5.60 Å². The molecule has 120 valence electrons. The van der Waals surface area contributed by atoms with Crippen molar-refractivity contribution in [3.05, 3.63) is 0 Å². The maximum Gasteiger partial charge on any atom is 0.410 e. The van der Waals surface area contributed by atoms with Gasteiger partial charge in [-0.05, 0) is 46.7 Å². The third-order valence-corrected chi connectivity index (χ3v) is 3.94. The van der Waals surface area contributed by atoms with Crippen LogP contribution < -0.4 is 5.32 Å². The summed E-state index contributed by atoms with van der Waals surface area (Å²) in [6, 6.07) is -0.00272. The molecule has 21 heavy (non-hydrogen) atoms. The Hall–Kier alpha value is -1.30. The van der Waals surface area contributed by atoms with Crippen LogP contribution >= 0.6 is 0 Å². The lowest BCUT2D eigenvalue weighted by Gasteiger charge is -2.41. The van der Waals surface area contributed by atoms with Gasteiger partial charge in [0, 0.05) is 32.1 Å². The molecule has 2 amide bonds. The van der Waals surface area contributed by atoms with Crippen molar-refractivity contribution in [2.45, 2.75) is 45.8 Å². The molecule has 0 radical (unpaired) electrons. The molecule has 0 bridgehead atoms. The van der Waals surface area contributed by atoms with Crippen LogP contribution in [0.5, 0.6) is 0 Å². The summed E-state index contributed by atoms with van der Waals surface area (Å²) in [6.45, 7) is 11.2. The van der Waals surface area contributed by atoms with E-state index in [1.807, 2.05) is 32.6 Å². The van der Waals surface area contributed by atoms with E-state index in [9.17, 15) is 9.59 Å². The third-order valence-electron chi connectivity index (χ3n) is 3.94. The Balaban J connectivity index is 1.83. The van der Waals surface area contributed by atoms with Crippen molar-refractivity contribution in [2.24, 2.45) is 5.92 Å². The van der Waals surface area contributed by atoms with Crippen LogP contribution in [0.1, 0.15) is 34.1 Å². The molecule has 2 aliphatic heterocycles. The van der Waals surface area contributed by atoms with Gasteiger partial charge in [-0.3, -0.25) is 4.79 Å². The molecule has 1 atom stereocenters. The van der Waals surface area contributed by atoms with Crippen LogP contribution in [0.2, 0.25) is 0 Å². The van der Waals surface area contributed by atoms with Crippen molar-refractivity contribution in [1.29, 1.82) is 0 Å². The fourth-order valence-corrected chi connectivity index (χ4v) is 2.64. The van der Waals surface area contributed by atoms with Crippen LogP contribution in [-0.4, -0.2) is 66.2 Å². The van der Waals surface area contributed by atoms with Gasteiger partial charge in [-0.2, -0.15) is 0 Å². The number of nitrogens with one attached hydrogen (secondary N) is 1. The topological polar surface area (TPSA) is 61.9 Å². The van der Waals surface area contributed by atoms with Crippen molar-refractivity contribution in [3.63, 3.8) is 0 Å². The Bertz CT molecular complexity index is 401. The molecule has 0 spiro atoms. The highest BCUT2D eigenvalue weighted by Crippen LogP contribution is 2.18. The van der Waals surface area contributed by atoms with Gasteiger partial charge >= 0.3 is 6.09 Å². The Kier molecular flexibility index (Phi) is 4.76. The maximum atomic E-state index is 12.2. The standard InChI is InChI=1S/C15H27N3O3/c1-11-10-17(13(19)7-12-8-16-9-12)5-6-18(11)14(20)21-15(2,3)4/h11-12,16H,5-10H2,1-4H3/t11-/m0/s1. The molecule has 0 unspecified atom stereocenters. The second-order valence-corrected chi connectivity index (χ2v) is 7.09. The first-order valence-electron chi connectivity index (χ1n) is 7.74. The lowest BCUT2D eigenvalue weighted by molar-refractivity contribution is -0.135. The maximum absolute atomic E-state index is 12.2. The third kappa shape index (κ3) is 4.33. The summed E-state index contributed by atoms with van der Waals surface area (Å²) < 4.78 is 5.41. The minimum Gasteiger partial charge on any atom is -0.444 e. The Morgan fingerprint density at radius 3 is 2.38 bits per heavy atom. The summed E-state index contributed by atoms with van der Waals surface area (Å²) in [6.07, 6.45) is 0.330. The first-order valence-corrected chi connectivity index (χ1v) is 7.74. The van der Waals surface area contributed by atoms with Crippen LogP contribution in [0.15, 0.2) is 0 Å². The molecule has 0 aromatic carbocycles. The average Bonchev–Trinajstić information content (AvgIpc) is 2.31. The molecule has 0 aromatic heterocycles. The van der Waals surface area contributed by atoms with Gasteiger partial charge in [-0.1, -0.05) is 0 Å². The van der Waals surface area contributed by atoms with Gasteiger partial charge in [0.1, 0.15) is 5.60 Å². The van der Waals surface area contributed by atoms with E-state index in [4.69, 9.17) is 4.74 Å². The predicted molar refractivity (Wildman–Crippen MR) is 80.0 cm³/mol. The van der Waals surface area contributed by atoms with Crippen molar-refractivity contribution < 1.29 is 14.3 Å². The Morgan fingerprint density at radius 2 is 1.90 bits per heavy atom. The fraction of sp³-hybridized carbons (Fsp3) is 0.867. The smallest absolute Gasteiger partial charge is 0.410 e. The monoisotopic (exact) mass is 297 g/mol. The summed E-state index contributed by atoms with van der Waals surface area (Å²) in [4.78, 5) is 27.9. The zero-order chi connectivity index (χ0) is 15.6. The summed E-state index contributed by atoms with van der Waals surface area (Å²) in [5.74, 6) is 0.689. The van der Waals surface area contributed by atoms with Gasteiger partial charge in [0.15, 0.2) is 0 Å². The fourth-order valence-electron chi connectivity index (χ4n) is 2.64. The normalized spacial score (nSPS) is 23.7. The lowest BCUT2D eigenvalue weighted by Crippen LogP contribution is -2.57. The average molecular weight is 297 g/mol. The van der Waals surface area contributed by atoms with E-state index in [2.05, 4.69) is 5.32 Å². The lowest BCUT2D eigenvalue weighted by atomic mass is 9.98. The molecule has 2 heterocycles. The van der Waals surface area contributed by atoms with Gasteiger partial charge in [-0.25, -0.2) is 4.79 Å². The number of amides is 2. The first-order chi connectivity index (χ1) is 9.76. The molecule has 2 rings (SSSR count). The minimum atomic E-state index is -0.485. The number of hydrogen-bond acceptors (Lipinski definition) is 4. The quantitative estimate of drug-likeness (QED) is 0.828. The molecule has 6 heteroatoms.